The van der Waals surface area contributed by atoms with Crippen LogP contribution in [0.1, 0.15) is 0 Å². The molecular formula is C11H7N5O2S2. The zero-order chi connectivity index (χ0) is 13.9. The van der Waals surface area contributed by atoms with Crippen molar-refractivity contribution in [1.82, 2.24) is 20.2 Å². The van der Waals surface area contributed by atoms with E-state index in [4.69, 9.17) is 0 Å². The van der Waals surface area contributed by atoms with Crippen LogP contribution in [-0.4, -0.2) is 25.1 Å². The average molecular weight is 305 g/mol. The van der Waals surface area contributed by atoms with Crippen LogP contribution in [0, 0.1) is 10.1 Å². The maximum Gasteiger partial charge on any atom is 0.364 e. The summed E-state index contributed by atoms with van der Waals surface area (Å²) in [4.78, 5) is 19.3. The predicted octanol–water partition coefficient (Wildman–Crippen LogP) is 2.99. The van der Waals surface area contributed by atoms with Crippen LogP contribution in [0.25, 0.3) is 10.7 Å². The molecule has 0 amide bonds. The van der Waals surface area contributed by atoms with Crippen molar-refractivity contribution in [2.75, 3.05) is 0 Å². The van der Waals surface area contributed by atoms with Crippen molar-refractivity contribution in [2.24, 2.45) is 0 Å². The zero-order valence-corrected chi connectivity index (χ0v) is 11.5. The molecule has 3 rings (SSSR count). The Morgan fingerprint density at radius 1 is 1.25 bits per heavy atom. The first kappa shape index (κ1) is 12.8. The Bertz CT molecular complexity index is 741. The second-order valence-electron chi connectivity index (χ2n) is 3.64. The number of nitrogens with zero attached hydrogens (tertiary/aromatic N) is 4. The molecule has 0 spiro atoms. The highest BCUT2D eigenvalue weighted by Crippen LogP contribution is 2.27. The molecule has 0 unspecified atom stereocenters. The van der Waals surface area contributed by atoms with E-state index in [1.807, 2.05) is 17.5 Å². The number of thiophene rings is 1. The minimum absolute atomic E-state index is 0.191. The van der Waals surface area contributed by atoms with Crippen molar-refractivity contribution in [3.63, 3.8) is 0 Å². The molecule has 7 nitrogen and oxygen atoms in total. The Labute approximate surface area is 121 Å². The second kappa shape index (κ2) is 5.39. The molecule has 20 heavy (non-hydrogen) atoms. The van der Waals surface area contributed by atoms with Crippen LogP contribution in [0.5, 0.6) is 0 Å². The summed E-state index contributed by atoms with van der Waals surface area (Å²) in [6.07, 6.45) is 0. The summed E-state index contributed by atoms with van der Waals surface area (Å²) in [5.41, 5.74) is 0. The van der Waals surface area contributed by atoms with E-state index in [1.165, 1.54) is 17.8 Å². The predicted molar refractivity (Wildman–Crippen MR) is 74.7 cm³/mol. The number of H-pyrrole nitrogens is 1. The van der Waals surface area contributed by atoms with Crippen LogP contribution < -0.4 is 0 Å². The molecule has 0 saturated carbocycles. The highest BCUT2D eigenvalue weighted by atomic mass is 32.2. The molecule has 0 aliphatic heterocycles. The monoisotopic (exact) mass is 305 g/mol. The van der Waals surface area contributed by atoms with Gasteiger partial charge >= 0.3 is 5.82 Å². The SMILES string of the molecule is O=[N+]([O-])c1cccc(Sc2n[nH]c(-c3cccs3)n2)n1. The maximum absolute atomic E-state index is 10.7. The van der Waals surface area contributed by atoms with E-state index in [-0.39, 0.29) is 5.82 Å². The van der Waals surface area contributed by atoms with E-state index in [0.717, 1.165) is 4.88 Å². The summed E-state index contributed by atoms with van der Waals surface area (Å²) < 4.78 is 0. The van der Waals surface area contributed by atoms with Gasteiger partial charge in [0.25, 0.3) is 0 Å². The minimum Gasteiger partial charge on any atom is -0.358 e. The van der Waals surface area contributed by atoms with Crippen molar-refractivity contribution in [3.05, 3.63) is 45.8 Å². The van der Waals surface area contributed by atoms with Gasteiger partial charge < -0.3 is 10.1 Å². The molecule has 9 heteroatoms. The van der Waals surface area contributed by atoms with E-state index in [9.17, 15) is 10.1 Å². The largest absolute Gasteiger partial charge is 0.364 e. The zero-order valence-electron chi connectivity index (χ0n) is 9.89. The molecule has 3 heterocycles. The fraction of sp³-hybridized carbons (Fsp3) is 0. The third-order valence-electron chi connectivity index (χ3n) is 2.31. The van der Waals surface area contributed by atoms with E-state index in [1.54, 1.807) is 23.5 Å². The average Bonchev–Trinajstić information content (AvgIpc) is 3.09. The molecule has 3 aromatic heterocycles. The Kier molecular flexibility index (Phi) is 3.44. The van der Waals surface area contributed by atoms with Gasteiger partial charge in [-0.05, 0) is 45.2 Å². The van der Waals surface area contributed by atoms with Gasteiger partial charge in [0.2, 0.25) is 10.2 Å². The Hall–Kier alpha value is -2.26. The van der Waals surface area contributed by atoms with Gasteiger partial charge in [0.1, 0.15) is 0 Å². The molecule has 3 aromatic rings. The summed E-state index contributed by atoms with van der Waals surface area (Å²) in [6, 6.07) is 8.47. The van der Waals surface area contributed by atoms with Crippen LogP contribution >= 0.6 is 23.1 Å². The lowest BCUT2D eigenvalue weighted by Crippen LogP contribution is -1.92. The van der Waals surface area contributed by atoms with Crippen LogP contribution in [0.15, 0.2) is 45.9 Å². The molecular weight excluding hydrogens is 298 g/mol. The molecule has 0 aliphatic carbocycles. The first-order valence-corrected chi connectivity index (χ1v) is 7.17. The van der Waals surface area contributed by atoms with Gasteiger partial charge in [-0.15, -0.1) is 16.4 Å². The van der Waals surface area contributed by atoms with Gasteiger partial charge in [-0.1, -0.05) is 6.07 Å². The number of nitro groups is 1. The van der Waals surface area contributed by atoms with Crippen molar-refractivity contribution < 1.29 is 4.92 Å². The molecule has 100 valence electrons. The molecule has 0 saturated heterocycles. The van der Waals surface area contributed by atoms with Gasteiger partial charge in [-0.2, -0.15) is 0 Å². The molecule has 0 fully saturated rings. The number of aromatic nitrogens is 4. The lowest BCUT2D eigenvalue weighted by molar-refractivity contribution is -0.389. The normalized spacial score (nSPS) is 10.6. The van der Waals surface area contributed by atoms with Crippen molar-refractivity contribution in [3.8, 4) is 10.7 Å². The molecule has 0 bridgehead atoms. The van der Waals surface area contributed by atoms with E-state index in [2.05, 4.69) is 20.2 Å². The summed E-state index contributed by atoms with van der Waals surface area (Å²) in [5, 5.41) is 20.5. The molecule has 1 N–H and O–H groups in total. The number of aromatic amines is 1. The van der Waals surface area contributed by atoms with Gasteiger partial charge in [0.05, 0.1) is 4.88 Å². The van der Waals surface area contributed by atoms with Gasteiger partial charge in [0.15, 0.2) is 5.82 Å². The quantitative estimate of drug-likeness (QED) is 0.588. The van der Waals surface area contributed by atoms with Crippen molar-refractivity contribution in [2.45, 2.75) is 10.2 Å². The topological polar surface area (TPSA) is 97.6 Å². The highest BCUT2D eigenvalue weighted by Gasteiger charge is 2.14. The Morgan fingerprint density at radius 3 is 2.90 bits per heavy atom. The third-order valence-corrected chi connectivity index (χ3v) is 3.99. The van der Waals surface area contributed by atoms with Crippen LogP contribution in [0.4, 0.5) is 5.82 Å². The van der Waals surface area contributed by atoms with Gasteiger partial charge in [-0.25, -0.2) is 4.98 Å². The number of pyridine rings is 1. The second-order valence-corrected chi connectivity index (χ2v) is 5.57. The lowest BCUT2D eigenvalue weighted by Gasteiger charge is -1.93. The first-order valence-electron chi connectivity index (χ1n) is 5.48. The van der Waals surface area contributed by atoms with Crippen molar-refractivity contribution in [1.29, 1.82) is 0 Å². The van der Waals surface area contributed by atoms with Crippen LogP contribution in [-0.2, 0) is 0 Å². The van der Waals surface area contributed by atoms with E-state index in [0.29, 0.717) is 16.0 Å². The molecule has 0 aromatic carbocycles. The molecule has 0 aliphatic rings. The Balaban J connectivity index is 1.81. The summed E-state index contributed by atoms with van der Waals surface area (Å²) in [5.74, 6) is 0.483. The van der Waals surface area contributed by atoms with Gasteiger partial charge in [-0.3, -0.25) is 5.10 Å². The molecule has 0 radical (unpaired) electrons. The van der Waals surface area contributed by atoms with Crippen molar-refractivity contribution >= 4 is 28.9 Å². The molecule has 0 atom stereocenters. The van der Waals surface area contributed by atoms with Gasteiger partial charge in [0, 0.05) is 6.07 Å². The lowest BCUT2D eigenvalue weighted by atomic mass is 10.4. The fourth-order valence-electron chi connectivity index (χ4n) is 1.47. The minimum atomic E-state index is -0.529. The standard InChI is InChI=1S/C11H7N5O2S2/c17-16(18)8-4-1-5-9(12-8)20-11-13-10(14-15-11)7-3-2-6-19-7/h1-6H,(H,13,14,15). The van der Waals surface area contributed by atoms with Crippen LogP contribution in [0.2, 0.25) is 0 Å². The summed E-state index contributed by atoms with van der Waals surface area (Å²) in [6.45, 7) is 0. The van der Waals surface area contributed by atoms with Crippen LogP contribution in [0.3, 0.4) is 0 Å². The Morgan fingerprint density at radius 2 is 2.15 bits per heavy atom. The third kappa shape index (κ3) is 2.68. The van der Waals surface area contributed by atoms with E-state index >= 15 is 0 Å². The number of hydrogen-bond acceptors (Lipinski definition) is 7. The highest BCUT2D eigenvalue weighted by molar-refractivity contribution is 7.99. The number of nitrogens with one attached hydrogen (secondary N) is 1. The first-order chi connectivity index (χ1) is 9.72. The number of rotatable bonds is 4. The summed E-state index contributed by atoms with van der Waals surface area (Å²) >= 11 is 2.73. The smallest absolute Gasteiger partial charge is 0.358 e. The van der Waals surface area contributed by atoms with E-state index < -0.39 is 4.92 Å². The fourth-order valence-corrected chi connectivity index (χ4v) is 2.84. The summed E-state index contributed by atoms with van der Waals surface area (Å²) in [7, 11) is 0. The number of hydrogen-bond donors (Lipinski definition) is 1. The maximum atomic E-state index is 10.7.